The summed E-state index contributed by atoms with van der Waals surface area (Å²) in [5.74, 6) is -1.23. The molecule has 0 aromatic heterocycles. The predicted molar refractivity (Wildman–Crippen MR) is 42.2 cm³/mol. The zero-order valence-electron chi connectivity index (χ0n) is 6.49. The first kappa shape index (κ1) is 9.90. The maximum atomic E-state index is 12.2. The van der Waals surface area contributed by atoms with Crippen LogP contribution in [0.5, 0.6) is 0 Å². The molecule has 0 bridgehead atoms. The minimum Gasteiger partial charge on any atom is -0.171 e. The van der Waals surface area contributed by atoms with Gasteiger partial charge in [-0.3, -0.25) is 0 Å². The zero-order valence-corrected chi connectivity index (χ0v) is 7.25. The summed E-state index contributed by atoms with van der Waals surface area (Å²) in [6, 6.07) is 0. The van der Waals surface area contributed by atoms with E-state index in [0.717, 1.165) is 5.57 Å². The Kier molecular flexibility index (Phi) is 2.71. The fourth-order valence-corrected chi connectivity index (χ4v) is 1.67. The van der Waals surface area contributed by atoms with Crippen LogP contribution < -0.4 is 0 Å². The summed E-state index contributed by atoms with van der Waals surface area (Å²) in [4.78, 5) is 0. The zero-order chi connectivity index (χ0) is 9.35. The number of rotatable bonds is 0. The Morgan fingerprint density at radius 3 is 2.42 bits per heavy atom. The van der Waals surface area contributed by atoms with Crippen molar-refractivity contribution in [3.63, 3.8) is 0 Å². The molecule has 0 heterocycles. The number of halogens is 4. The number of alkyl halides is 4. The highest BCUT2D eigenvalue weighted by Gasteiger charge is 2.42. The van der Waals surface area contributed by atoms with Crippen molar-refractivity contribution in [3.05, 3.63) is 12.2 Å². The molecule has 0 radical (unpaired) electrons. The molecule has 1 rings (SSSR count). The first-order valence-electron chi connectivity index (χ1n) is 3.79. The summed E-state index contributed by atoms with van der Waals surface area (Å²) in [6.07, 6.45) is -3.55. The van der Waals surface area contributed by atoms with Crippen molar-refractivity contribution in [2.24, 2.45) is 5.92 Å². The third-order valence-electron chi connectivity index (χ3n) is 2.21. The van der Waals surface area contributed by atoms with Gasteiger partial charge >= 0.3 is 6.18 Å². The van der Waals surface area contributed by atoms with Crippen LogP contribution in [0.15, 0.2) is 12.2 Å². The van der Waals surface area contributed by atoms with E-state index in [9.17, 15) is 13.2 Å². The minimum atomic E-state index is -4.09. The second kappa shape index (κ2) is 3.29. The van der Waals surface area contributed by atoms with Crippen LogP contribution in [0.1, 0.15) is 19.3 Å². The molecule has 0 aromatic carbocycles. The van der Waals surface area contributed by atoms with Crippen LogP contribution in [0.4, 0.5) is 13.2 Å². The van der Waals surface area contributed by atoms with Gasteiger partial charge in [0.2, 0.25) is 0 Å². The van der Waals surface area contributed by atoms with E-state index < -0.39 is 17.5 Å². The van der Waals surface area contributed by atoms with Crippen molar-refractivity contribution in [2.75, 3.05) is 0 Å². The van der Waals surface area contributed by atoms with Crippen molar-refractivity contribution < 1.29 is 13.2 Å². The smallest absolute Gasteiger partial charge is 0.171 e. The van der Waals surface area contributed by atoms with E-state index in [4.69, 9.17) is 11.6 Å². The maximum absolute atomic E-state index is 12.2. The summed E-state index contributed by atoms with van der Waals surface area (Å²) >= 11 is 5.67. The predicted octanol–water partition coefficient (Wildman–Crippen LogP) is 3.51. The van der Waals surface area contributed by atoms with Gasteiger partial charge in [-0.2, -0.15) is 13.2 Å². The molecule has 1 fully saturated rings. The average Bonchev–Trinajstić information content (AvgIpc) is 1.92. The quantitative estimate of drug-likeness (QED) is 0.413. The molecule has 0 saturated heterocycles. The van der Waals surface area contributed by atoms with Crippen LogP contribution in [-0.4, -0.2) is 11.6 Å². The Morgan fingerprint density at radius 2 is 2.00 bits per heavy atom. The molecule has 0 N–H and O–H groups in total. The molecule has 0 spiro atoms. The van der Waals surface area contributed by atoms with Crippen molar-refractivity contribution in [1.82, 2.24) is 0 Å². The largest absolute Gasteiger partial charge is 0.391 e. The van der Waals surface area contributed by atoms with Gasteiger partial charge in [0.25, 0.3) is 0 Å². The van der Waals surface area contributed by atoms with Crippen molar-refractivity contribution in [3.8, 4) is 0 Å². The molecule has 0 amide bonds. The van der Waals surface area contributed by atoms with E-state index in [0.29, 0.717) is 6.42 Å². The van der Waals surface area contributed by atoms with Crippen LogP contribution in [0.2, 0.25) is 0 Å². The van der Waals surface area contributed by atoms with Gasteiger partial charge in [0.1, 0.15) is 0 Å². The molecule has 1 aliphatic rings. The lowest BCUT2D eigenvalue weighted by Crippen LogP contribution is -2.29. The third-order valence-corrected chi connectivity index (χ3v) is 2.70. The lowest BCUT2D eigenvalue weighted by molar-refractivity contribution is -0.179. The van der Waals surface area contributed by atoms with Gasteiger partial charge in [-0.25, -0.2) is 0 Å². The maximum Gasteiger partial charge on any atom is 0.391 e. The molecule has 1 aliphatic carbocycles. The van der Waals surface area contributed by atoms with Crippen molar-refractivity contribution >= 4 is 11.6 Å². The summed E-state index contributed by atoms with van der Waals surface area (Å²) < 4.78 is 36.5. The highest BCUT2D eigenvalue weighted by molar-refractivity contribution is 6.22. The second-order valence-corrected chi connectivity index (χ2v) is 3.67. The Morgan fingerprint density at radius 1 is 1.42 bits per heavy atom. The highest BCUT2D eigenvalue weighted by Crippen LogP contribution is 2.40. The lowest BCUT2D eigenvalue weighted by atomic mass is 9.86. The molecular formula is C8H10ClF3. The van der Waals surface area contributed by atoms with Crippen LogP contribution >= 0.6 is 11.6 Å². The molecule has 70 valence electrons. The SMILES string of the molecule is C=C1CCC(C(F)(F)F)CC1Cl. The van der Waals surface area contributed by atoms with Crippen molar-refractivity contribution in [1.29, 1.82) is 0 Å². The number of hydrogen-bond donors (Lipinski definition) is 0. The lowest BCUT2D eigenvalue weighted by Gasteiger charge is -2.28. The third kappa shape index (κ3) is 2.16. The molecule has 1 saturated carbocycles. The Bertz CT molecular complexity index is 185. The van der Waals surface area contributed by atoms with Gasteiger partial charge in [0, 0.05) is 0 Å². The summed E-state index contributed by atoms with van der Waals surface area (Å²) in [5, 5.41) is -0.495. The van der Waals surface area contributed by atoms with Crippen LogP contribution in [0, 0.1) is 5.92 Å². The number of allylic oxidation sites excluding steroid dienone is 1. The Balaban J connectivity index is 2.57. The molecule has 0 aliphatic heterocycles. The molecule has 12 heavy (non-hydrogen) atoms. The fourth-order valence-electron chi connectivity index (χ4n) is 1.35. The Hall–Kier alpha value is -0.180. The first-order valence-corrected chi connectivity index (χ1v) is 4.23. The fraction of sp³-hybridized carbons (Fsp3) is 0.750. The van der Waals surface area contributed by atoms with Gasteiger partial charge in [0.15, 0.2) is 0 Å². The standard InChI is InChI=1S/C8H10ClF3/c1-5-2-3-6(4-7(5)9)8(10,11)12/h6-7H,1-4H2. The van der Waals surface area contributed by atoms with Gasteiger partial charge in [-0.15, -0.1) is 11.6 Å². The second-order valence-electron chi connectivity index (χ2n) is 3.14. The molecular weight excluding hydrogens is 189 g/mol. The van der Waals surface area contributed by atoms with Crippen LogP contribution in [-0.2, 0) is 0 Å². The van der Waals surface area contributed by atoms with E-state index in [1.165, 1.54) is 0 Å². The minimum absolute atomic E-state index is 0.0100. The number of hydrogen-bond acceptors (Lipinski definition) is 0. The summed E-state index contributed by atoms with van der Waals surface area (Å²) in [6.45, 7) is 3.61. The normalized spacial score (nSPS) is 32.2. The molecule has 2 unspecified atom stereocenters. The molecule has 2 atom stereocenters. The average molecular weight is 199 g/mol. The summed E-state index contributed by atoms with van der Waals surface area (Å²) in [5.41, 5.74) is 0.733. The van der Waals surface area contributed by atoms with Crippen LogP contribution in [0.3, 0.4) is 0 Å². The topological polar surface area (TPSA) is 0 Å². The van der Waals surface area contributed by atoms with E-state index in [1.54, 1.807) is 0 Å². The monoisotopic (exact) mass is 198 g/mol. The Labute approximate surface area is 74.4 Å². The van der Waals surface area contributed by atoms with Crippen LogP contribution in [0.25, 0.3) is 0 Å². The van der Waals surface area contributed by atoms with Gasteiger partial charge in [-0.05, 0) is 19.3 Å². The van der Waals surface area contributed by atoms with E-state index in [-0.39, 0.29) is 12.8 Å². The van der Waals surface area contributed by atoms with Gasteiger partial charge < -0.3 is 0 Å². The van der Waals surface area contributed by atoms with Gasteiger partial charge in [0.05, 0.1) is 11.3 Å². The van der Waals surface area contributed by atoms with E-state index in [2.05, 4.69) is 6.58 Å². The molecule has 0 aromatic rings. The summed E-state index contributed by atoms with van der Waals surface area (Å²) in [7, 11) is 0. The molecule has 4 heteroatoms. The van der Waals surface area contributed by atoms with E-state index in [1.807, 2.05) is 0 Å². The molecule has 0 nitrogen and oxygen atoms in total. The van der Waals surface area contributed by atoms with E-state index >= 15 is 0 Å². The highest BCUT2D eigenvalue weighted by atomic mass is 35.5. The van der Waals surface area contributed by atoms with Gasteiger partial charge in [-0.1, -0.05) is 12.2 Å². The van der Waals surface area contributed by atoms with Crippen molar-refractivity contribution in [2.45, 2.75) is 30.8 Å². The first-order chi connectivity index (χ1) is 5.41.